The molecule has 0 bridgehead atoms. The molecule has 0 aromatic heterocycles. The molecule has 1 atom stereocenters. The van der Waals surface area contributed by atoms with Crippen molar-refractivity contribution >= 4 is 54.1 Å². The summed E-state index contributed by atoms with van der Waals surface area (Å²) in [6.45, 7) is 4.76. The van der Waals surface area contributed by atoms with E-state index in [-0.39, 0.29) is 43.4 Å². The third-order valence-corrected chi connectivity index (χ3v) is 6.99. The Bertz CT molecular complexity index is 879. The second-order valence-corrected chi connectivity index (χ2v) is 9.08. The van der Waals surface area contributed by atoms with Crippen molar-refractivity contribution in [2.75, 3.05) is 45.9 Å². The summed E-state index contributed by atoms with van der Waals surface area (Å²) in [5.74, 6) is 0.0425. The van der Waals surface area contributed by atoms with Gasteiger partial charge in [-0.15, -0.1) is 24.8 Å². The third-order valence-electron chi connectivity index (χ3n) is 5.55. The van der Waals surface area contributed by atoms with Crippen LogP contribution in [0.25, 0.3) is 0 Å². The SMILES string of the molecule is Cl.Cl.O=C(CN1CCN(CCO)CC1)NC1Cc2ccccc2Sc2ccc(Cl)cc21. The van der Waals surface area contributed by atoms with Gasteiger partial charge in [0.15, 0.2) is 0 Å². The van der Waals surface area contributed by atoms with Gasteiger partial charge in [0.1, 0.15) is 0 Å². The highest BCUT2D eigenvalue weighted by molar-refractivity contribution is 7.99. The Morgan fingerprint density at radius 3 is 2.52 bits per heavy atom. The molecule has 1 fully saturated rings. The Balaban J connectivity index is 0.00000171. The van der Waals surface area contributed by atoms with Crippen molar-refractivity contribution in [3.63, 3.8) is 0 Å². The second-order valence-electron chi connectivity index (χ2n) is 7.56. The van der Waals surface area contributed by atoms with Crippen molar-refractivity contribution in [2.45, 2.75) is 22.3 Å². The molecule has 31 heavy (non-hydrogen) atoms. The number of hydrogen-bond donors (Lipinski definition) is 2. The van der Waals surface area contributed by atoms with E-state index in [0.717, 1.165) is 43.1 Å². The first-order valence-corrected chi connectivity index (χ1v) is 11.2. The number of halogens is 3. The molecular weight excluding hydrogens is 477 g/mol. The molecule has 2 aliphatic rings. The topological polar surface area (TPSA) is 55.8 Å². The molecule has 4 rings (SSSR count). The molecule has 9 heteroatoms. The highest BCUT2D eigenvalue weighted by Crippen LogP contribution is 2.41. The molecule has 5 nitrogen and oxygen atoms in total. The lowest BCUT2D eigenvalue weighted by Crippen LogP contribution is -2.50. The molecule has 2 aliphatic heterocycles. The van der Waals surface area contributed by atoms with Crippen molar-refractivity contribution in [1.29, 1.82) is 0 Å². The molecule has 1 unspecified atom stereocenters. The summed E-state index contributed by atoms with van der Waals surface area (Å²) >= 11 is 8.02. The van der Waals surface area contributed by atoms with Gasteiger partial charge in [0, 0.05) is 47.5 Å². The van der Waals surface area contributed by atoms with Crippen LogP contribution in [0.5, 0.6) is 0 Å². The number of nitrogens with zero attached hydrogens (tertiary/aromatic N) is 2. The smallest absolute Gasteiger partial charge is 0.234 e. The van der Waals surface area contributed by atoms with Crippen LogP contribution >= 0.6 is 48.2 Å². The van der Waals surface area contributed by atoms with Crippen LogP contribution in [0.3, 0.4) is 0 Å². The van der Waals surface area contributed by atoms with Gasteiger partial charge in [-0.3, -0.25) is 14.6 Å². The Hall–Kier alpha value is -0.990. The van der Waals surface area contributed by atoms with E-state index in [1.807, 2.05) is 24.3 Å². The van der Waals surface area contributed by atoms with Gasteiger partial charge in [0.05, 0.1) is 19.2 Å². The average molecular weight is 505 g/mol. The van der Waals surface area contributed by atoms with Crippen LogP contribution in [0.1, 0.15) is 17.2 Å². The van der Waals surface area contributed by atoms with Gasteiger partial charge in [-0.25, -0.2) is 0 Å². The maximum absolute atomic E-state index is 12.9. The number of aliphatic hydroxyl groups is 1. The van der Waals surface area contributed by atoms with Crippen LogP contribution in [0, 0.1) is 0 Å². The summed E-state index contributed by atoms with van der Waals surface area (Å²) in [5, 5.41) is 13.0. The highest BCUT2D eigenvalue weighted by Gasteiger charge is 2.25. The number of piperazine rings is 1. The molecule has 0 spiro atoms. The first-order valence-electron chi connectivity index (χ1n) is 10.0. The van der Waals surface area contributed by atoms with Crippen molar-refractivity contribution in [2.24, 2.45) is 0 Å². The number of aliphatic hydroxyl groups excluding tert-OH is 1. The maximum atomic E-state index is 12.9. The molecule has 0 saturated carbocycles. The zero-order chi connectivity index (χ0) is 20.2. The predicted octanol–water partition coefficient (Wildman–Crippen LogP) is 3.66. The summed E-state index contributed by atoms with van der Waals surface area (Å²) in [6.07, 6.45) is 0.756. The molecule has 2 heterocycles. The number of β-amino-alcohol motifs (C(OH)–C–C–N with tert-alkyl or cyclic N) is 1. The normalized spacial score (nSPS) is 18.6. The third kappa shape index (κ3) is 6.75. The van der Waals surface area contributed by atoms with E-state index in [4.69, 9.17) is 16.7 Å². The summed E-state index contributed by atoms with van der Waals surface area (Å²) in [5.41, 5.74) is 2.33. The first kappa shape index (κ1) is 26.3. The molecule has 170 valence electrons. The van der Waals surface area contributed by atoms with Crippen LogP contribution in [0.4, 0.5) is 0 Å². The molecule has 2 aromatic rings. The van der Waals surface area contributed by atoms with Crippen LogP contribution in [0.15, 0.2) is 52.3 Å². The molecule has 2 aromatic carbocycles. The Labute approximate surface area is 205 Å². The van der Waals surface area contributed by atoms with Gasteiger partial charge in [0.2, 0.25) is 5.91 Å². The van der Waals surface area contributed by atoms with Crippen molar-refractivity contribution in [3.05, 3.63) is 58.6 Å². The average Bonchev–Trinajstić information content (AvgIpc) is 2.86. The number of nitrogens with one attached hydrogen (secondary N) is 1. The molecular formula is C22H28Cl3N3O2S. The molecule has 2 N–H and O–H groups in total. The largest absolute Gasteiger partial charge is 0.395 e. The lowest BCUT2D eigenvalue weighted by atomic mass is 9.99. The molecule has 0 radical (unpaired) electrons. The maximum Gasteiger partial charge on any atom is 0.234 e. The molecule has 1 amide bonds. The minimum absolute atomic E-state index is 0. The second kappa shape index (κ2) is 12.3. The monoisotopic (exact) mass is 503 g/mol. The van der Waals surface area contributed by atoms with Crippen molar-refractivity contribution in [1.82, 2.24) is 15.1 Å². The van der Waals surface area contributed by atoms with E-state index in [9.17, 15) is 4.79 Å². The first-order chi connectivity index (χ1) is 14.1. The number of amides is 1. The van der Waals surface area contributed by atoms with Gasteiger partial charge in [-0.1, -0.05) is 41.6 Å². The lowest BCUT2D eigenvalue weighted by molar-refractivity contribution is -0.123. The van der Waals surface area contributed by atoms with E-state index in [0.29, 0.717) is 18.1 Å². The molecule has 1 saturated heterocycles. The van der Waals surface area contributed by atoms with E-state index >= 15 is 0 Å². The van der Waals surface area contributed by atoms with Gasteiger partial charge >= 0.3 is 0 Å². The summed E-state index contributed by atoms with van der Waals surface area (Å²) in [4.78, 5) is 19.6. The van der Waals surface area contributed by atoms with Crippen LogP contribution in [-0.2, 0) is 11.2 Å². The molecule has 0 aliphatic carbocycles. The van der Waals surface area contributed by atoms with Crippen LogP contribution in [-0.4, -0.2) is 66.7 Å². The fraction of sp³-hybridized carbons (Fsp3) is 0.409. The Kier molecular flexibility index (Phi) is 10.4. The van der Waals surface area contributed by atoms with E-state index in [2.05, 4.69) is 33.3 Å². The standard InChI is InChI=1S/C22H26ClN3O2S.2ClH/c23-17-5-6-21-18(14-17)19(13-16-3-1-2-4-20(16)29-21)24-22(28)15-26-9-7-25(8-10-26)11-12-27;;/h1-6,14,19,27H,7-13,15H2,(H,24,28);2*1H. The highest BCUT2D eigenvalue weighted by atomic mass is 35.5. The van der Waals surface area contributed by atoms with Crippen molar-refractivity contribution < 1.29 is 9.90 Å². The van der Waals surface area contributed by atoms with E-state index < -0.39 is 0 Å². The van der Waals surface area contributed by atoms with Crippen molar-refractivity contribution in [3.8, 4) is 0 Å². The van der Waals surface area contributed by atoms with E-state index in [1.165, 1.54) is 10.5 Å². The van der Waals surface area contributed by atoms with Gasteiger partial charge in [0.25, 0.3) is 0 Å². The number of rotatable bonds is 5. The number of fused-ring (bicyclic) bond motifs is 2. The Morgan fingerprint density at radius 1 is 1.06 bits per heavy atom. The summed E-state index contributed by atoms with van der Waals surface area (Å²) in [7, 11) is 0. The fourth-order valence-corrected chi connectivity index (χ4v) is 5.29. The Morgan fingerprint density at radius 2 is 1.77 bits per heavy atom. The predicted molar refractivity (Wildman–Crippen MR) is 131 cm³/mol. The quantitative estimate of drug-likeness (QED) is 0.651. The van der Waals surface area contributed by atoms with Crippen LogP contribution < -0.4 is 5.32 Å². The zero-order valence-electron chi connectivity index (χ0n) is 17.1. The fourth-order valence-electron chi connectivity index (χ4n) is 3.99. The van der Waals surface area contributed by atoms with Gasteiger partial charge in [-0.05, 0) is 41.8 Å². The minimum atomic E-state index is -0.0944. The minimum Gasteiger partial charge on any atom is -0.395 e. The van der Waals surface area contributed by atoms with E-state index in [1.54, 1.807) is 11.8 Å². The van der Waals surface area contributed by atoms with Crippen LogP contribution in [0.2, 0.25) is 5.02 Å². The number of benzene rings is 2. The number of carbonyl (C=O) groups is 1. The van der Waals surface area contributed by atoms with Gasteiger partial charge < -0.3 is 10.4 Å². The van der Waals surface area contributed by atoms with Gasteiger partial charge in [-0.2, -0.15) is 0 Å². The number of hydrogen-bond acceptors (Lipinski definition) is 5. The summed E-state index contributed by atoms with van der Waals surface area (Å²) < 4.78 is 0. The summed E-state index contributed by atoms with van der Waals surface area (Å²) in [6, 6.07) is 14.2. The zero-order valence-corrected chi connectivity index (χ0v) is 20.3. The lowest BCUT2D eigenvalue weighted by Gasteiger charge is -2.34. The number of carbonyl (C=O) groups excluding carboxylic acids is 1.